The maximum absolute atomic E-state index is 15.0. The van der Waals surface area contributed by atoms with Gasteiger partial charge in [0.15, 0.2) is 5.41 Å². The number of hydrogen-bond acceptors (Lipinski definition) is 5. The number of carbonyl (C=O) groups is 2. The topological polar surface area (TPSA) is 64.6 Å². The van der Waals surface area contributed by atoms with E-state index in [1.807, 2.05) is 0 Å². The van der Waals surface area contributed by atoms with Gasteiger partial charge in [-0.05, 0) is 30.2 Å². The number of benzene rings is 2. The predicted octanol–water partition coefficient (Wildman–Crippen LogP) is 4.42. The number of carbonyl (C=O) groups excluding carboxylic acids is 2. The van der Waals surface area contributed by atoms with Crippen molar-refractivity contribution in [3.05, 3.63) is 70.7 Å². The zero-order chi connectivity index (χ0) is 22.8. The first kappa shape index (κ1) is 23.1. The molecular weight excluding hydrogens is 435 g/mol. The maximum atomic E-state index is 15.0. The number of ether oxygens (including phenoxy) is 2. The Bertz CT molecular complexity index is 936. The van der Waals surface area contributed by atoms with Gasteiger partial charge in [0, 0.05) is 10.9 Å². The van der Waals surface area contributed by atoms with Gasteiger partial charge in [0.1, 0.15) is 6.04 Å². The lowest BCUT2D eigenvalue weighted by Crippen LogP contribution is -2.53. The van der Waals surface area contributed by atoms with E-state index in [2.05, 4.69) is 5.32 Å². The van der Waals surface area contributed by atoms with Crippen LogP contribution in [0.5, 0.6) is 0 Å². The van der Waals surface area contributed by atoms with Crippen LogP contribution in [0, 0.1) is 5.41 Å². The first-order chi connectivity index (χ1) is 14.7. The molecule has 0 saturated carbocycles. The van der Waals surface area contributed by atoms with E-state index in [0.717, 1.165) is 7.11 Å². The van der Waals surface area contributed by atoms with Crippen LogP contribution in [0.25, 0.3) is 0 Å². The molecule has 1 aliphatic rings. The highest BCUT2D eigenvalue weighted by molar-refractivity contribution is 6.30. The first-order valence-corrected chi connectivity index (χ1v) is 9.94. The van der Waals surface area contributed by atoms with Crippen LogP contribution >= 0.6 is 11.6 Å². The summed E-state index contributed by atoms with van der Waals surface area (Å²) in [6.45, 7) is 1.17. The molecule has 0 radical (unpaired) electrons. The molecule has 0 spiro atoms. The standard InChI is InChI=1S/C22H21ClF3NO4/c1-3-31-20(29)21(22(24,25)26)16(13-7-5-4-6-8-13)17(19(28)30-2)27-18(21)14-9-11-15(23)12-10-14/h4-12,16-18,27H,3H2,1-2H3/t16-,17+,18+,21-/m1/s1. The van der Waals surface area contributed by atoms with Crippen molar-refractivity contribution in [3.63, 3.8) is 0 Å². The number of hydrogen-bond donors (Lipinski definition) is 1. The Labute approximate surface area is 182 Å². The van der Waals surface area contributed by atoms with Crippen LogP contribution in [0.15, 0.2) is 54.6 Å². The van der Waals surface area contributed by atoms with E-state index in [-0.39, 0.29) is 17.7 Å². The van der Waals surface area contributed by atoms with E-state index in [1.54, 1.807) is 18.2 Å². The Kier molecular flexibility index (Phi) is 6.62. The van der Waals surface area contributed by atoms with Crippen LogP contribution in [-0.2, 0) is 19.1 Å². The molecule has 0 aliphatic carbocycles. The third-order valence-electron chi connectivity index (χ3n) is 5.52. The molecule has 4 atom stereocenters. The van der Waals surface area contributed by atoms with Crippen molar-refractivity contribution in [1.82, 2.24) is 5.32 Å². The highest BCUT2D eigenvalue weighted by Crippen LogP contribution is 2.61. The average molecular weight is 456 g/mol. The van der Waals surface area contributed by atoms with E-state index >= 15 is 0 Å². The van der Waals surface area contributed by atoms with E-state index in [4.69, 9.17) is 21.1 Å². The van der Waals surface area contributed by atoms with Gasteiger partial charge in [-0.1, -0.05) is 54.1 Å². The van der Waals surface area contributed by atoms with Gasteiger partial charge in [-0.15, -0.1) is 0 Å². The van der Waals surface area contributed by atoms with E-state index in [9.17, 15) is 22.8 Å². The highest BCUT2D eigenvalue weighted by atomic mass is 35.5. The fourth-order valence-corrected chi connectivity index (χ4v) is 4.39. The zero-order valence-electron chi connectivity index (χ0n) is 16.8. The Morgan fingerprint density at radius 1 is 1.06 bits per heavy atom. The summed E-state index contributed by atoms with van der Waals surface area (Å²) < 4.78 is 54.6. The second-order valence-corrected chi connectivity index (χ2v) is 7.56. The summed E-state index contributed by atoms with van der Waals surface area (Å²) in [6, 6.07) is 10.2. The van der Waals surface area contributed by atoms with E-state index < -0.39 is 41.5 Å². The number of halogens is 4. The molecular formula is C22H21ClF3NO4. The quantitative estimate of drug-likeness (QED) is 0.676. The lowest BCUT2D eigenvalue weighted by molar-refractivity contribution is -0.242. The molecule has 0 amide bonds. The molecule has 5 nitrogen and oxygen atoms in total. The molecule has 31 heavy (non-hydrogen) atoms. The van der Waals surface area contributed by atoms with Crippen LogP contribution in [0.3, 0.4) is 0 Å². The molecule has 0 unspecified atom stereocenters. The van der Waals surface area contributed by atoms with Crippen molar-refractivity contribution >= 4 is 23.5 Å². The number of nitrogens with one attached hydrogen (secondary N) is 1. The monoisotopic (exact) mass is 455 g/mol. The van der Waals surface area contributed by atoms with Gasteiger partial charge >= 0.3 is 18.1 Å². The van der Waals surface area contributed by atoms with Gasteiger partial charge in [0.05, 0.1) is 19.8 Å². The summed E-state index contributed by atoms with van der Waals surface area (Å²) >= 11 is 5.91. The molecule has 1 N–H and O–H groups in total. The highest BCUT2D eigenvalue weighted by Gasteiger charge is 2.76. The van der Waals surface area contributed by atoms with E-state index in [0.29, 0.717) is 5.02 Å². The van der Waals surface area contributed by atoms with Gasteiger partial charge in [-0.2, -0.15) is 13.2 Å². The molecule has 1 saturated heterocycles. The Morgan fingerprint density at radius 3 is 2.19 bits per heavy atom. The van der Waals surface area contributed by atoms with Gasteiger partial charge in [0.2, 0.25) is 0 Å². The zero-order valence-corrected chi connectivity index (χ0v) is 17.5. The summed E-state index contributed by atoms with van der Waals surface area (Å²) in [5.41, 5.74) is -2.79. The largest absolute Gasteiger partial charge is 0.468 e. The number of methoxy groups -OCH3 is 1. The molecule has 3 rings (SSSR count). The van der Waals surface area contributed by atoms with Crippen LogP contribution in [0.4, 0.5) is 13.2 Å². The molecule has 1 fully saturated rings. The van der Waals surface area contributed by atoms with Gasteiger partial charge in [-0.3, -0.25) is 14.9 Å². The van der Waals surface area contributed by atoms with Crippen LogP contribution in [0.2, 0.25) is 5.02 Å². The average Bonchev–Trinajstić information content (AvgIpc) is 3.12. The lowest BCUT2D eigenvalue weighted by atomic mass is 9.66. The van der Waals surface area contributed by atoms with Crippen molar-refractivity contribution < 1.29 is 32.2 Å². The second kappa shape index (κ2) is 8.88. The molecule has 166 valence electrons. The van der Waals surface area contributed by atoms with Crippen LogP contribution in [0.1, 0.15) is 30.0 Å². The summed E-state index contributed by atoms with van der Waals surface area (Å²) in [7, 11) is 1.08. The summed E-state index contributed by atoms with van der Waals surface area (Å²) in [5.74, 6) is -4.00. The molecule has 1 heterocycles. The first-order valence-electron chi connectivity index (χ1n) is 9.56. The number of alkyl halides is 3. The molecule has 9 heteroatoms. The minimum atomic E-state index is -5.07. The molecule has 0 bridgehead atoms. The Balaban J connectivity index is 2.35. The van der Waals surface area contributed by atoms with Crippen LogP contribution < -0.4 is 5.32 Å². The van der Waals surface area contributed by atoms with Crippen molar-refractivity contribution in [1.29, 1.82) is 0 Å². The van der Waals surface area contributed by atoms with Gasteiger partial charge in [-0.25, -0.2) is 0 Å². The maximum Gasteiger partial charge on any atom is 0.407 e. The second-order valence-electron chi connectivity index (χ2n) is 7.13. The molecule has 2 aromatic rings. The fourth-order valence-electron chi connectivity index (χ4n) is 4.26. The number of esters is 2. The minimum Gasteiger partial charge on any atom is -0.468 e. The van der Waals surface area contributed by atoms with Gasteiger partial charge in [0.25, 0.3) is 0 Å². The lowest BCUT2D eigenvalue weighted by Gasteiger charge is -2.39. The summed E-state index contributed by atoms with van der Waals surface area (Å²) in [6.07, 6.45) is -5.07. The summed E-state index contributed by atoms with van der Waals surface area (Å²) in [4.78, 5) is 25.7. The van der Waals surface area contributed by atoms with Crippen molar-refractivity contribution in [3.8, 4) is 0 Å². The Morgan fingerprint density at radius 2 is 1.68 bits per heavy atom. The van der Waals surface area contributed by atoms with E-state index in [1.165, 1.54) is 43.3 Å². The van der Waals surface area contributed by atoms with Gasteiger partial charge < -0.3 is 9.47 Å². The SMILES string of the molecule is CCOC(=O)[C@@]1(C(F)(F)F)[C@H](c2ccccc2)[C@@H](C(=O)OC)N[C@H]1c1ccc(Cl)cc1. The van der Waals surface area contributed by atoms with Crippen molar-refractivity contribution in [2.45, 2.75) is 31.1 Å². The minimum absolute atomic E-state index is 0.141. The molecule has 0 aromatic heterocycles. The fraction of sp³-hybridized carbons (Fsp3) is 0.364. The third-order valence-corrected chi connectivity index (χ3v) is 5.78. The van der Waals surface area contributed by atoms with Crippen molar-refractivity contribution in [2.24, 2.45) is 5.41 Å². The molecule has 2 aromatic carbocycles. The molecule has 1 aliphatic heterocycles. The Hall–Kier alpha value is -2.58. The van der Waals surface area contributed by atoms with Crippen molar-refractivity contribution in [2.75, 3.05) is 13.7 Å². The normalized spacial score (nSPS) is 25.8. The predicted molar refractivity (Wildman–Crippen MR) is 107 cm³/mol. The number of rotatable bonds is 5. The third kappa shape index (κ3) is 3.90. The smallest absolute Gasteiger partial charge is 0.407 e. The van der Waals surface area contributed by atoms with Crippen LogP contribution in [-0.4, -0.2) is 37.9 Å². The summed E-state index contributed by atoms with van der Waals surface area (Å²) in [5, 5.41) is 3.04.